The van der Waals surface area contributed by atoms with Gasteiger partial charge in [0, 0.05) is 0 Å². The number of para-hydroxylation sites is 1. The second-order valence-electron chi connectivity index (χ2n) is 5.48. The highest BCUT2D eigenvalue weighted by Crippen LogP contribution is 2.29. The lowest BCUT2D eigenvalue weighted by atomic mass is 10.1. The molecule has 10 heteroatoms. The molecule has 0 spiro atoms. The molecule has 0 aliphatic carbocycles. The zero-order valence-corrected chi connectivity index (χ0v) is 14.7. The fraction of sp³-hybridized carbons (Fsp3) is 0.267. The molecule has 2 heterocycles. The molecule has 0 fully saturated rings. The van der Waals surface area contributed by atoms with Crippen molar-refractivity contribution in [1.29, 1.82) is 0 Å². The maximum Gasteiger partial charge on any atom is 0.458 e. The van der Waals surface area contributed by atoms with Gasteiger partial charge in [0.1, 0.15) is 11.4 Å². The molecular formula is C15H15N3O6S. The Hall–Kier alpha value is -2.88. The lowest BCUT2D eigenvalue weighted by Gasteiger charge is -2.10. The summed E-state index contributed by atoms with van der Waals surface area (Å²) >= 11 is 0. The highest BCUT2D eigenvalue weighted by atomic mass is 32.2. The molecule has 1 aromatic carbocycles. The number of ether oxygens (including phenoxy) is 1. The molecule has 0 bridgehead atoms. The van der Waals surface area contributed by atoms with Crippen molar-refractivity contribution in [3.8, 4) is 11.8 Å². The van der Waals surface area contributed by atoms with Crippen LogP contribution in [-0.4, -0.2) is 22.7 Å². The first kappa shape index (κ1) is 17.0. The maximum atomic E-state index is 12.9. The lowest BCUT2D eigenvalue weighted by molar-refractivity contribution is 0.350. The number of rotatable bonds is 4. The van der Waals surface area contributed by atoms with Crippen LogP contribution in [0.15, 0.2) is 36.9 Å². The van der Waals surface area contributed by atoms with Gasteiger partial charge < -0.3 is 9.26 Å². The molecule has 0 atom stereocenters. The summed E-state index contributed by atoms with van der Waals surface area (Å²) in [7, 11) is -4.35. The third kappa shape index (κ3) is 2.74. The maximum absolute atomic E-state index is 12.9. The van der Waals surface area contributed by atoms with E-state index in [1.54, 1.807) is 26.0 Å². The molecule has 0 unspecified atom stereocenters. The molecule has 3 rings (SSSR count). The second kappa shape index (κ2) is 5.88. The zero-order valence-electron chi connectivity index (χ0n) is 13.9. The van der Waals surface area contributed by atoms with Crippen LogP contribution >= 0.6 is 0 Å². The van der Waals surface area contributed by atoms with Crippen molar-refractivity contribution in [3.63, 3.8) is 0 Å². The summed E-state index contributed by atoms with van der Waals surface area (Å²) in [5.74, 6) is -0.761. The van der Waals surface area contributed by atoms with E-state index < -0.39 is 21.8 Å². The molecule has 0 saturated heterocycles. The summed E-state index contributed by atoms with van der Waals surface area (Å²) in [6.07, 6.45) is 0. The number of hydrogen-bond donors (Lipinski definition) is 0. The molecule has 0 amide bonds. The summed E-state index contributed by atoms with van der Waals surface area (Å²) in [5.41, 5.74) is 1.61. The molecular weight excluding hydrogens is 350 g/mol. The molecule has 0 aliphatic rings. The predicted octanol–water partition coefficient (Wildman–Crippen LogP) is 2.09. The molecule has 2 aromatic heterocycles. The molecule has 0 aliphatic heterocycles. The SMILES string of the molecule is Cc1cccc(C)c1Oc1noc(=O)n1S(=O)(=O)c1c(C)noc1C. The second-order valence-corrected chi connectivity index (χ2v) is 7.20. The molecule has 0 saturated carbocycles. The standard InChI is InChI=1S/C15H15N3O6S/c1-8-6-5-7-9(2)12(8)22-14-17-24-15(19)18(14)25(20,21)13-10(3)16-23-11(13)4/h5-7H,1-4H3. The van der Waals surface area contributed by atoms with Crippen molar-refractivity contribution in [1.82, 2.24) is 14.3 Å². The van der Waals surface area contributed by atoms with Gasteiger partial charge in [-0.15, -0.1) is 3.97 Å². The third-order valence-corrected chi connectivity index (χ3v) is 5.49. The number of benzene rings is 1. The average Bonchev–Trinajstić information content (AvgIpc) is 3.06. The van der Waals surface area contributed by atoms with Gasteiger partial charge in [0.2, 0.25) is 0 Å². The number of nitrogens with zero attached hydrogens (tertiary/aromatic N) is 3. The molecule has 25 heavy (non-hydrogen) atoms. The fourth-order valence-electron chi connectivity index (χ4n) is 2.48. The van der Waals surface area contributed by atoms with Crippen LogP contribution in [0.5, 0.6) is 11.8 Å². The summed E-state index contributed by atoms with van der Waals surface area (Å²) in [6.45, 7) is 6.45. The molecule has 0 N–H and O–H groups in total. The summed E-state index contributed by atoms with van der Waals surface area (Å²) in [6, 6.07) is 4.90. The Morgan fingerprint density at radius 3 is 2.24 bits per heavy atom. The minimum absolute atomic E-state index is 0.0450. The van der Waals surface area contributed by atoms with Crippen LogP contribution in [0.4, 0.5) is 0 Å². The Morgan fingerprint density at radius 2 is 1.68 bits per heavy atom. The van der Waals surface area contributed by atoms with E-state index in [1.165, 1.54) is 13.8 Å². The first-order chi connectivity index (χ1) is 11.7. The molecule has 9 nitrogen and oxygen atoms in total. The predicted molar refractivity (Wildman–Crippen MR) is 85.3 cm³/mol. The van der Waals surface area contributed by atoms with Crippen LogP contribution in [0.25, 0.3) is 0 Å². The average molecular weight is 365 g/mol. The van der Waals surface area contributed by atoms with Crippen LogP contribution in [0.2, 0.25) is 0 Å². The van der Waals surface area contributed by atoms with E-state index in [2.05, 4.69) is 14.8 Å². The van der Waals surface area contributed by atoms with E-state index >= 15 is 0 Å². The van der Waals surface area contributed by atoms with E-state index in [4.69, 9.17) is 9.26 Å². The van der Waals surface area contributed by atoms with Crippen molar-refractivity contribution in [3.05, 3.63) is 51.3 Å². The monoisotopic (exact) mass is 365 g/mol. The van der Waals surface area contributed by atoms with Crippen LogP contribution in [0.1, 0.15) is 22.6 Å². The smallest absolute Gasteiger partial charge is 0.422 e. The van der Waals surface area contributed by atoms with E-state index in [0.29, 0.717) is 9.72 Å². The van der Waals surface area contributed by atoms with E-state index in [9.17, 15) is 13.2 Å². The highest BCUT2D eigenvalue weighted by molar-refractivity contribution is 7.90. The minimum Gasteiger partial charge on any atom is -0.422 e. The first-order valence-electron chi connectivity index (χ1n) is 7.24. The number of aromatic nitrogens is 3. The van der Waals surface area contributed by atoms with Crippen molar-refractivity contribution < 1.29 is 22.2 Å². The Bertz CT molecular complexity index is 1070. The Labute approximate surface area is 142 Å². The van der Waals surface area contributed by atoms with Crippen LogP contribution in [0.3, 0.4) is 0 Å². The lowest BCUT2D eigenvalue weighted by Crippen LogP contribution is -2.25. The Kier molecular flexibility index (Phi) is 3.99. The first-order valence-corrected chi connectivity index (χ1v) is 8.68. The summed E-state index contributed by atoms with van der Waals surface area (Å²) in [5, 5.41) is 7.05. The van der Waals surface area contributed by atoms with Gasteiger partial charge in [0.15, 0.2) is 10.7 Å². The molecule has 0 radical (unpaired) electrons. The third-order valence-electron chi connectivity index (χ3n) is 3.61. The van der Waals surface area contributed by atoms with Crippen molar-refractivity contribution in [2.24, 2.45) is 0 Å². The summed E-state index contributed by atoms with van der Waals surface area (Å²) < 4.78 is 41.1. The molecule has 3 aromatic rings. The number of hydrogen-bond acceptors (Lipinski definition) is 8. The topological polar surface area (TPSA) is 117 Å². The van der Waals surface area contributed by atoms with Gasteiger partial charge in [0.25, 0.3) is 10.0 Å². The van der Waals surface area contributed by atoms with Gasteiger partial charge in [-0.25, -0.2) is 13.2 Å². The van der Waals surface area contributed by atoms with Gasteiger partial charge in [0.05, 0.1) is 0 Å². The fourth-order valence-corrected chi connectivity index (χ4v) is 3.98. The van der Waals surface area contributed by atoms with Crippen molar-refractivity contribution >= 4 is 10.0 Å². The minimum atomic E-state index is -4.35. The van der Waals surface area contributed by atoms with Gasteiger partial charge >= 0.3 is 11.8 Å². The van der Waals surface area contributed by atoms with Crippen molar-refractivity contribution in [2.75, 3.05) is 0 Å². The van der Waals surface area contributed by atoms with Crippen LogP contribution in [-0.2, 0) is 10.0 Å². The quantitative estimate of drug-likeness (QED) is 0.690. The zero-order chi connectivity index (χ0) is 18.4. The van der Waals surface area contributed by atoms with Gasteiger partial charge in [-0.2, -0.15) is 0 Å². The highest BCUT2D eigenvalue weighted by Gasteiger charge is 2.33. The van der Waals surface area contributed by atoms with Gasteiger partial charge in [-0.1, -0.05) is 23.4 Å². The summed E-state index contributed by atoms with van der Waals surface area (Å²) in [4.78, 5) is 11.8. The number of aryl methyl sites for hydroxylation is 4. The van der Waals surface area contributed by atoms with Gasteiger partial charge in [-0.3, -0.25) is 4.52 Å². The van der Waals surface area contributed by atoms with Crippen LogP contribution < -0.4 is 10.5 Å². The largest absolute Gasteiger partial charge is 0.458 e. The Balaban J connectivity index is 2.17. The van der Waals surface area contributed by atoms with Gasteiger partial charge in [-0.05, 0) is 44.0 Å². The van der Waals surface area contributed by atoms with E-state index in [1.807, 2.05) is 6.07 Å². The normalized spacial score (nSPS) is 11.7. The van der Waals surface area contributed by atoms with Crippen molar-refractivity contribution in [2.45, 2.75) is 32.6 Å². The Morgan fingerprint density at radius 1 is 1.04 bits per heavy atom. The molecule has 132 valence electrons. The van der Waals surface area contributed by atoms with E-state index in [-0.39, 0.29) is 16.3 Å². The van der Waals surface area contributed by atoms with E-state index in [0.717, 1.165) is 11.1 Å². The van der Waals surface area contributed by atoms with Crippen LogP contribution in [0, 0.1) is 27.7 Å².